The fourth-order valence-electron chi connectivity index (χ4n) is 1.63. The third kappa shape index (κ3) is 2.16. The molecular weight excluding hydrogens is 288 g/mol. The summed E-state index contributed by atoms with van der Waals surface area (Å²) in [7, 11) is 0. The average molecular weight is 297 g/mol. The number of amides is 1. The van der Waals surface area contributed by atoms with Crippen LogP contribution in [-0.4, -0.2) is 22.0 Å². The molecule has 1 aromatic heterocycles. The van der Waals surface area contributed by atoms with Crippen LogP contribution in [0, 0.1) is 0 Å². The molecule has 1 aromatic carbocycles. The van der Waals surface area contributed by atoms with Crippen molar-refractivity contribution in [2.24, 2.45) is 0 Å². The predicted molar refractivity (Wildman–Crippen MR) is 67.3 cm³/mol. The largest absolute Gasteiger partial charge is 0.477 e. The van der Waals surface area contributed by atoms with Gasteiger partial charge in [0, 0.05) is 22.3 Å². The first kappa shape index (κ1) is 11.7. The number of rotatable bonds is 2. The van der Waals surface area contributed by atoms with Crippen LogP contribution in [0.4, 0.5) is 5.69 Å². The van der Waals surface area contributed by atoms with Crippen LogP contribution in [0.25, 0.3) is 10.9 Å². The Morgan fingerprint density at radius 3 is 2.71 bits per heavy atom. The highest BCUT2D eigenvalue weighted by Crippen LogP contribution is 2.30. The molecule has 17 heavy (non-hydrogen) atoms. The number of anilines is 1. The van der Waals surface area contributed by atoms with Crippen molar-refractivity contribution in [2.45, 2.75) is 6.92 Å². The number of aromatic amines is 1. The molecule has 6 heteroatoms. The van der Waals surface area contributed by atoms with Crippen molar-refractivity contribution in [3.63, 3.8) is 0 Å². The van der Waals surface area contributed by atoms with Crippen molar-refractivity contribution in [1.82, 2.24) is 4.98 Å². The number of carbonyl (C=O) groups is 2. The third-order valence-corrected chi connectivity index (χ3v) is 2.77. The second-order valence-corrected chi connectivity index (χ2v) is 4.47. The lowest BCUT2D eigenvalue weighted by molar-refractivity contribution is -0.114. The molecule has 1 amide bonds. The van der Waals surface area contributed by atoms with Crippen LogP contribution in [0.1, 0.15) is 17.4 Å². The molecule has 0 radical (unpaired) electrons. The maximum Gasteiger partial charge on any atom is 0.354 e. The highest BCUT2D eigenvalue weighted by molar-refractivity contribution is 9.10. The molecule has 0 bridgehead atoms. The van der Waals surface area contributed by atoms with Crippen LogP contribution in [0.3, 0.4) is 0 Å². The SMILES string of the molecule is CC(=O)Nc1c(C(=O)O)[nH]c2ccc(Br)cc12. The number of carboxylic acid groups (broad SMARTS) is 1. The lowest BCUT2D eigenvalue weighted by atomic mass is 10.2. The maximum absolute atomic E-state index is 11.1. The van der Waals surface area contributed by atoms with Gasteiger partial charge in [0.25, 0.3) is 0 Å². The third-order valence-electron chi connectivity index (χ3n) is 2.28. The summed E-state index contributed by atoms with van der Waals surface area (Å²) in [6.45, 7) is 1.34. The van der Waals surface area contributed by atoms with Crippen molar-refractivity contribution in [2.75, 3.05) is 5.32 Å². The minimum Gasteiger partial charge on any atom is -0.477 e. The number of hydrogen-bond acceptors (Lipinski definition) is 2. The molecule has 0 aliphatic rings. The Kier molecular flexibility index (Phi) is 2.89. The first-order valence-electron chi connectivity index (χ1n) is 4.81. The summed E-state index contributed by atoms with van der Waals surface area (Å²) in [5.74, 6) is -1.42. The van der Waals surface area contributed by atoms with Crippen LogP contribution >= 0.6 is 15.9 Å². The molecule has 1 heterocycles. The van der Waals surface area contributed by atoms with E-state index in [-0.39, 0.29) is 11.6 Å². The summed E-state index contributed by atoms with van der Waals surface area (Å²) < 4.78 is 0.813. The molecule has 0 atom stereocenters. The van der Waals surface area contributed by atoms with Crippen LogP contribution in [-0.2, 0) is 4.79 Å². The van der Waals surface area contributed by atoms with Crippen LogP contribution < -0.4 is 5.32 Å². The number of nitrogens with one attached hydrogen (secondary N) is 2. The topological polar surface area (TPSA) is 82.2 Å². The second kappa shape index (κ2) is 4.21. The van der Waals surface area contributed by atoms with Crippen molar-refractivity contribution in [1.29, 1.82) is 0 Å². The van der Waals surface area contributed by atoms with Gasteiger partial charge >= 0.3 is 5.97 Å². The zero-order chi connectivity index (χ0) is 12.6. The summed E-state index contributed by atoms with van der Waals surface area (Å²) >= 11 is 3.31. The number of aromatic carboxylic acids is 1. The van der Waals surface area contributed by atoms with Crippen molar-refractivity contribution < 1.29 is 14.7 Å². The molecule has 0 saturated carbocycles. The molecule has 0 saturated heterocycles. The highest BCUT2D eigenvalue weighted by Gasteiger charge is 2.17. The van der Waals surface area contributed by atoms with Gasteiger partial charge in [-0.3, -0.25) is 4.79 Å². The molecule has 0 spiro atoms. The second-order valence-electron chi connectivity index (χ2n) is 3.55. The maximum atomic E-state index is 11.1. The fraction of sp³-hybridized carbons (Fsp3) is 0.0909. The van der Waals surface area contributed by atoms with E-state index < -0.39 is 5.97 Å². The van der Waals surface area contributed by atoms with Gasteiger partial charge in [0.05, 0.1) is 5.69 Å². The summed E-state index contributed by atoms with van der Waals surface area (Å²) in [4.78, 5) is 24.9. The Morgan fingerprint density at radius 1 is 1.41 bits per heavy atom. The van der Waals surface area contributed by atoms with E-state index in [2.05, 4.69) is 26.2 Å². The predicted octanol–water partition coefficient (Wildman–Crippen LogP) is 2.59. The van der Waals surface area contributed by atoms with Crippen LogP contribution in [0.15, 0.2) is 22.7 Å². The smallest absolute Gasteiger partial charge is 0.354 e. The van der Waals surface area contributed by atoms with Gasteiger partial charge in [0.1, 0.15) is 5.69 Å². The first-order valence-corrected chi connectivity index (χ1v) is 5.60. The molecule has 0 aliphatic carbocycles. The number of halogens is 1. The van der Waals surface area contributed by atoms with E-state index in [1.807, 2.05) is 0 Å². The van der Waals surface area contributed by atoms with Gasteiger partial charge in [0.15, 0.2) is 0 Å². The standard InChI is InChI=1S/C11H9BrN2O3/c1-5(15)13-9-7-4-6(12)2-3-8(7)14-10(9)11(16)17/h2-4,14H,1H3,(H,13,15)(H,16,17). The van der Waals surface area contributed by atoms with Gasteiger partial charge in [-0.2, -0.15) is 0 Å². The quantitative estimate of drug-likeness (QED) is 0.796. The Balaban J connectivity index is 2.72. The van der Waals surface area contributed by atoms with Gasteiger partial charge in [-0.05, 0) is 18.2 Å². The molecule has 2 rings (SSSR count). The van der Waals surface area contributed by atoms with Crippen molar-refractivity contribution in [3.05, 3.63) is 28.4 Å². The van der Waals surface area contributed by atoms with Crippen molar-refractivity contribution in [3.8, 4) is 0 Å². The van der Waals surface area contributed by atoms with E-state index in [0.717, 1.165) is 4.47 Å². The monoisotopic (exact) mass is 296 g/mol. The molecule has 2 aromatic rings. The fourth-order valence-corrected chi connectivity index (χ4v) is 1.99. The molecule has 0 aliphatic heterocycles. The lowest BCUT2D eigenvalue weighted by Crippen LogP contribution is -2.09. The molecule has 0 unspecified atom stereocenters. The molecular formula is C11H9BrN2O3. The zero-order valence-corrected chi connectivity index (χ0v) is 10.5. The summed E-state index contributed by atoms with van der Waals surface area (Å²) in [6, 6.07) is 5.29. The Hall–Kier alpha value is -1.82. The van der Waals surface area contributed by atoms with Crippen molar-refractivity contribution >= 4 is 44.4 Å². The van der Waals surface area contributed by atoms with Crippen LogP contribution in [0.2, 0.25) is 0 Å². The van der Waals surface area contributed by atoms with Gasteiger partial charge in [-0.25, -0.2) is 4.79 Å². The number of fused-ring (bicyclic) bond motifs is 1. The van der Waals surface area contributed by atoms with E-state index in [9.17, 15) is 9.59 Å². The van der Waals surface area contributed by atoms with E-state index in [1.54, 1.807) is 18.2 Å². The van der Waals surface area contributed by atoms with E-state index in [4.69, 9.17) is 5.11 Å². The minimum atomic E-state index is -1.11. The van der Waals surface area contributed by atoms with Gasteiger partial charge in [-0.1, -0.05) is 15.9 Å². The van der Waals surface area contributed by atoms with Gasteiger partial charge in [-0.15, -0.1) is 0 Å². The number of carboxylic acids is 1. The first-order chi connectivity index (χ1) is 7.99. The summed E-state index contributed by atoms with van der Waals surface area (Å²) in [5, 5.41) is 12.2. The van der Waals surface area contributed by atoms with E-state index in [0.29, 0.717) is 16.6 Å². The summed E-state index contributed by atoms with van der Waals surface area (Å²) in [5.41, 5.74) is 0.934. The Morgan fingerprint density at radius 2 is 2.12 bits per heavy atom. The number of benzene rings is 1. The Bertz CT molecular complexity index is 618. The van der Waals surface area contributed by atoms with Gasteiger partial charge in [0.2, 0.25) is 5.91 Å². The zero-order valence-electron chi connectivity index (χ0n) is 8.87. The number of hydrogen-bond donors (Lipinski definition) is 3. The number of carbonyl (C=O) groups excluding carboxylic acids is 1. The molecule has 3 N–H and O–H groups in total. The minimum absolute atomic E-state index is 0.0201. The van der Waals surface area contributed by atoms with Gasteiger partial charge < -0.3 is 15.4 Å². The number of H-pyrrole nitrogens is 1. The van der Waals surface area contributed by atoms with E-state index in [1.165, 1.54) is 6.92 Å². The normalized spacial score (nSPS) is 10.5. The summed E-state index contributed by atoms with van der Waals surface area (Å²) in [6.07, 6.45) is 0. The lowest BCUT2D eigenvalue weighted by Gasteiger charge is -2.01. The number of aromatic nitrogens is 1. The van der Waals surface area contributed by atoms with E-state index >= 15 is 0 Å². The highest BCUT2D eigenvalue weighted by atomic mass is 79.9. The van der Waals surface area contributed by atoms with Crippen LogP contribution in [0.5, 0.6) is 0 Å². The molecule has 0 fully saturated rings. The molecule has 88 valence electrons. The average Bonchev–Trinajstić information content (AvgIpc) is 2.56. The Labute approximate surface area is 105 Å². The molecule has 5 nitrogen and oxygen atoms in total.